The first-order valence-corrected chi connectivity index (χ1v) is 8.08. The number of aryl methyl sites for hydroxylation is 1. The number of halogens is 2. The second-order valence-corrected chi connectivity index (χ2v) is 6.98. The Morgan fingerprint density at radius 1 is 1.19 bits per heavy atom. The highest BCUT2D eigenvalue weighted by Crippen LogP contribution is 2.24. The average molecular weight is 368 g/mol. The van der Waals surface area contributed by atoms with Crippen molar-refractivity contribution >= 4 is 33.2 Å². The van der Waals surface area contributed by atoms with E-state index in [1.807, 2.05) is 25.1 Å². The maximum absolute atomic E-state index is 6.19. The first kappa shape index (κ1) is 16.3. The maximum Gasteiger partial charge on any atom is 0.0507 e. The summed E-state index contributed by atoms with van der Waals surface area (Å²) in [7, 11) is 0. The van der Waals surface area contributed by atoms with Gasteiger partial charge in [0, 0.05) is 21.7 Å². The van der Waals surface area contributed by atoms with Crippen LogP contribution < -0.4 is 11.1 Å². The Morgan fingerprint density at radius 3 is 2.43 bits per heavy atom. The Kier molecular flexibility index (Phi) is 5.31. The third-order valence-electron chi connectivity index (χ3n) is 3.58. The number of nitrogens with one attached hydrogen (secondary N) is 1. The molecule has 21 heavy (non-hydrogen) atoms. The Balaban J connectivity index is 2.16. The molecule has 0 aromatic heterocycles. The van der Waals surface area contributed by atoms with E-state index in [9.17, 15) is 0 Å². The van der Waals surface area contributed by atoms with E-state index in [2.05, 4.69) is 52.4 Å². The van der Waals surface area contributed by atoms with Gasteiger partial charge in [0.05, 0.1) is 5.54 Å². The van der Waals surface area contributed by atoms with E-state index in [0.717, 1.165) is 27.2 Å². The normalized spacial score (nSPS) is 13.8. The van der Waals surface area contributed by atoms with Gasteiger partial charge in [0.1, 0.15) is 0 Å². The molecule has 112 valence electrons. The Bertz CT molecular complexity index is 613. The van der Waals surface area contributed by atoms with Crippen LogP contribution in [0.3, 0.4) is 0 Å². The Morgan fingerprint density at radius 2 is 1.86 bits per heavy atom. The molecule has 0 bridgehead atoms. The lowest BCUT2D eigenvalue weighted by Crippen LogP contribution is -2.44. The van der Waals surface area contributed by atoms with Gasteiger partial charge in [-0.25, -0.2) is 0 Å². The monoisotopic (exact) mass is 366 g/mol. The van der Waals surface area contributed by atoms with Gasteiger partial charge in [-0.15, -0.1) is 0 Å². The van der Waals surface area contributed by atoms with Gasteiger partial charge in [0.15, 0.2) is 0 Å². The number of benzene rings is 2. The summed E-state index contributed by atoms with van der Waals surface area (Å²) in [4.78, 5) is 0. The summed E-state index contributed by atoms with van der Waals surface area (Å²) in [6.07, 6.45) is 0.849. The zero-order valence-corrected chi connectivity index (χ0v) is 14.6. The van der Waals surface area contributed by atoms with Crippen LogP contribution in [0.1, 0.15) is 18.1 Å². The molecule has 0 amide bonds. The lowest BCUT2D eigenvalue weighted by molar-refractivity contribution is 0.521. The molecule has 2 nitrogen and oxygen atoms in total. The third-order valence-corrected chi connectivity index (χ3v) is 4.51. The van der Waals surface area contributed by atoms with Crippen LogP contribution in [-0.2, 0) is 6.42 Å². The van der Waals surface area contributed by atoms with Gasteiger partial charge in [0.2, 0.25) is 0 Å². The van der Waals surface area contributed by atoms with Crippen molar-refractivity contribution in [2.24, 2.45) is 5.73 Å². The summed E-state index contributed by atoms with van der Waals surface area (Å²) in [6.45, 7) is 4.66. The van der Waals surface area contributed by atoms with Crippen LogP contribution in [0.5, 0.6) is 0 Å². The molecule has 4 heteroatoms. The summed E-state index contributed by atoms with van der Waals surface area (Å²) in [5.74, 6) is 0. The smallest absolute Gasteiger partial charge is 0.0507 e. The molecule has 0 spiro atoms. The van der Waals surface area contributed by atoms with Gasteiger partial charge >= 0.3 is 0 Å². The van der Waals surface area contributed by atoms with E-state index < -0.39 is 0 Å². The van der Waals surface area contributed by atoms with Gasteiger partial charge in [-0.2, -0.15) is 0 Å². The van der Waals surface area contributed by atoms with Gasteiger partial charge < -0.3 is 11.1 Å². The molecule has 0 radical (unpaired) electrons. The quantitative estimate of drug-likeness (QED) is 0.798. The van der Waals surface area contributed by atoms with Crippen LogP contribution in [-0.4, -0.2) is 12.1 Å². The highest BCUT2D eigenvalue weighted by Gasteiger charge is 2.23. The van der Waals surface area contributed by atoms with Gasteiger partial charge in [-0.05, 0) is 55.7 Å². The fourth-order valence-corrected chi connectivity index (χ4v) is 2.68. The van der Waals surface area contributed by atoms with Crippen LogP contribution in [0.4, 0.5) is 5.69 Å². The van der Waals surface area contributed by atoms with Gasteiger partial charge in [0.25, 0.3) is 0 Å². The molecule has 1 atom stereocenters. The van der Waals surface area contributed by atoms with Crippen molar-refractivity contribution in [2.75, 3.05) is 11.9 Å². The maximum atomic E-state index is 6.19. The van der Waals surface area contributed by atoms with E-state index in [0.29, 0.717) is 6.54 Å². The molecule has 1 unspecified atom stereocenters. The summed E-state index contributed by atoms with van der Waals surface area (Å²) >= 11 is 9.64. The number of hydrogen-bond acceptors (Lipinski definition) is 2. The van der Waals surface area contributed by atoms with Crippen molar-refractivity contribution in [3.63, 3.8) is 0 Å². The average Bonchev–Trinajstić information content (AvgIpc) is 2.45. The van der Waals surface area contributed by atoms with Gasteiger partial charge in [-0.3, -0.25) is 0 Å². The van der Waals surface area contributed by atoms with Crippen molar-refractivity contribution in [3.8, 4) is 0 Å². The van der Waals surface area contributed by atoms with Crippen molar-refractivity contribution in [3.05, 3.63) is 63.1 Å². The minimum Gasteiger partial charge on any atom is -0.378 e. The summed E-state index contributed by atoms with van der Waals surface area (Å²) in [6, 6.07) is 14.3. The van der Waals surface area contributed by atoms with Crippen LogP contribution in [0.2, 0.25) is 5.02 Å². The fraction of sp³-hybridized carbons (Fsp3) is 0.294. The van der Waals surface area contributed by atoms with E-state index in [1.165, 1.54) is 5.56 Å². The molecule has 0 saturated heterocycles. The van der Waals surface area contributed by atoms with Crippen molar-refractivity contribution in [1.82, 2.24) is 0 Å². The number of nitrogens with two attached hydrogens (primary N) is 1. The topological polar surface area (TPSA) is 38.0 Å². The largest absolute Gasteiger partial charge is 0.378 e. The zero-order chi connectivity index (χ0) is 15.5. The minimum absolute atomic E-state index is 0.216. The zero-order valence-electron chi connectivity index (χ0n) is 12.3. The standard InChI is InChI=1S/C17H20BrClN2/c1-12-3-8-15(9-16(12)19)21-17(2,11-20)10-13-4-6-14(18)7-5-13/h3-9,21H,10-11,20H2,1-2H3. The van der Waals surface area contributed by atoms with E-state index in [4.69, 9.17) is 17.3 Å². The predicted octanol–water partition coefficient (Wildman–Crippen LogP) is 4.78. The molecule has 0 aliphatic rings. The number of hydrogen-bond donors (Lipinski definition) is 2. The highest BCUT2D eigenvalue weighted by molar-refractivity contribution is 9.10. The van der Waals surface area contributed by atoms with E-state index in [-0.39, 0.29) is 5.54 Å². The first-order valence-electron chi connectivity index (χ1n) is 6.91. The molecule has 2 aromatic carbocycles. The molecule has 0 aliphatic heterocycles. The summed E-state index contributed by atoms with van der Waals surface area (Å²) in [5, 5.41) is 4.28. The second kappa shape index (κ2) is 6.82. The lowest BCUT2D eigenvalue weighted by Gasteiger charge is -2.31. The van der Waals surface area contributed by atoms with Crippen molar-refractivity contribution < 1.29 is 0 Å². The number of anilines is 1. The number of rotatable bonds is 5. The summed E-state index contributed by atoms with van der Waals surface area (Å²) in [5.41, 5.74) is 9.10. The molecule has 0 aliphatic carbocycles. The first-order chi connectivity index (χ1) is 9.92. The third kappa shape index (κ3) is 4.47. The molecule has 2 aromatic rings. The fourth-order valence-electron chi connectivity index (χ4n) is 2.24. The predicted molar refractivity (Wildman–Crippen MR) is 95.1 cm³/mol. The summed E-state index contributed by atoms with van der Waals surface area (Å²) < 4.78 is 1.08. The van der Waals surface area contributed by atoms with Gasteiger partial charge in [-0.1, -0.05) is 45.7 Å². The molecule has 2 rings (SSSR count). The lowest BCUT2D eigenvalue weighted by atomic mass is 9.92. The van der Waals surface area contributed by atoms with E-state index >= 15 is 0 Å². The minimum atomic E-state index is -0.216. The molecule has 3 N–H and O–H groups in total. The van der Waals surface area contributed by atoms with Crippen LogP contribution in [0.25, 0.3) is 0 Å². The molecular weight excluding hydrogens is 348 g/mol. The molecule has 0 fully saturated rings. The van der Waals surface area contributed by atoms with Crippen LogP contribution in [0, 0.1) is 6.92 Å². The van der Waals surface area contributed by atoms with Crippen molar-refractivity contribution in [2.45, 2.75) is 25.8 Å². The SMILES string of the molecule is Cc1ccc(NC(C)(CN)Cc2ccc(Br)cc2)cc1Cl. The van der Waals surface area contributed by atoms with Crippen LogP contribution >= 0.6 is 27.5 Å². The molecule has 0 heterocycles. The molecular formula is C17H20BrClN2. The van der Waals surface area contributed by atoms with Crippen molar-refractivity contribution in [1.29, 1.82) is 0 Å². The second-order valence-electron chi connectivity index (χ2n) is 5.66. The molecule has 0 saturated carbocycles. The Hall–Kier alpha value is -1.03. The van der Waals surface area contributed by atoms with E-state index in [1.54, 1.807) is 0 Å². The van der Waals surface area contributed by atoms with Crippen LogP contribution in [0.15, 0.2) is 46.9 Å². The Labute approximate surface area is 139 Å². The highest BCUT2D eigenvalue weighted by atomic mass is 79.9.